The van der Waals surface area contributed by atoms with Crippen LogP contribution in [-0.2, 0) is 6.54 Å². The molecule has 1 aromatic carbocycles. The Balaban J connectivity index is 1.59. The molecule has 0 aliphatic heterocycles. The summed E-state index contributed by atoms with van der Waals surface area (Å²) in [5.41, 5.74) is 0.819. The standard InChI is InChI=1S/C16H12ClN3O4/c17-11-5-2-1-4-10(11)8-18-14(21)12-9-24-16(19-12)20-15(22)13-6-3-7-23-13/h1-7,9H,8H2,(H,18,21)(H,19,20,22). The second-order valence-corrected chi connectivity index (χ2v) is 5.15. The average molecular weight is 346 g/mol. The summed E-state index contributed by atoms with van der Waals surface area (Å²) in [5, 5.41) is 5.62. The number of hydrogen-bond donors (Lipinski definition) is 2. The molecule has 2 aromatic heterocycles. The van der Waals surface area contributed by atoms with Crippen LogP contribution in [0.3, 0.4) is 0 Å². The van der Waals surface area contributed by atoms with Crippen molar-refractivity contribution in [3.63, 3.8) is 0 Å². The first kappa shape index (κ1) is 15.8. The van der Waals surface area contributed by atoms with Gasteiger partial charge in [-0.3, -0.25) is 14.9 Å². The molecule has 2 amide bonds. The third kappa shape index (κ3) is 3.64. The highest BCUT2D eigenvalue weighted by Crippen LogP contribution is 2.15. The van der Waals surface area contributed by atoms with E-state index in [1.54, 1.807) is 24.3 Å². The van der Waals surface area contributed by atoms with Crippen LogP contribution in [0.25, 0.3) is 0 Å². The minimum absolute atomic E-state index is 0.0387. The Kier molecular flexibility index (Phi) is 4.62. The molecule has 2 heterocycles. The zero-order valence-electron chi connectivity index (χ0n) is 12.3. The van der Waals surface area contributed by atoms with Crippen LogP contribution in [0.1, 0.15) is 26.6 Å². The van der Waals surface area contributed by atoms with Crippen LogP contribution < -0.4 is 10.6 Å². The number of rotatable bonds is 5. The predicted molar refractivity (Wildman–Crippen MR) is 85.8 cm³/mol. The van der Waals surface area contributed by atoms with E-state index in [1.807, 2.05) is 6.07 Å². The Labute approximate surface area is 141 Å². The van der Waals surface area contributed by atoms with E-state index in [0.717, 1.165) is 11.8 Å². The summed E-state index contributed by atoms with van der Waals surface area (Å²) >= 11 is 6.02. The van der Waals surface area contributed by atoms with Crippen molar-refractivity contribution >= 4 is 29.4 Å². The van der Waals surface area contributed by atoms with Crippen molar-refractivity contribution in [3.8, 4) is 0 Å². The van der Waals surface area contributed by atoms with E-state index < -0.39 is 11.8 Å². The molecular weight excluding hydrogens is 334 g/mol. The minimum Gasteiger partial charge on any atom is -0.459 e. The third-order valence-electron chi connectivity index (χ3n) is 3.10. The maximum absolute atomic E-state index is 12.0. The molecule has 3 aromatic rings. The first-order valence-corrected chi connectivity index (χ1v) is 7.33. The molecule has 122 valence electrons. The van der Waals surface area contributed by atoms with Gasteiger partial charge in [-0.1, -0.05) is 29.8 Å². The smallest absolute Gasteiger partial charge is 0.302 e. The summed E-state index contributed by atoms with van der Waals surface area (Å²) in [4.78, 5) is 27.7. The number of carbonyl (C=O) groups excluding carboxylic acids is 2. The maximum Gasteiger partial charge on any atom is 0.302 e. The summed E-state index contributed by atoms with van der Waals surface area (Å²) in [6.45, 7) is 0.249. The van der Waals surface area contributed by atoms with Gasteiger partial charge in [-0.05, 0) is 23.8 Å². The normalized spacial score (nSPS) is 10.4. The van der Waals surface area contributed by atoms with E-state index in [9.17, 15) is 9.59 Å². The molecule has 0 unspecified atom stereocenters. The molecule has 0 spiro atoms. The van der Waals surface area contributed by atoms with Crippen LogP contribution in [-0.4, -0.2) is 16.8 Å². The lowest BCUT2D eigenvalue weighted by molar-refractivity contribution is 0.0944. The van der Waals surface area contributed by atoms with Gasteiger partial charge in [0.05, 0.1) is 6.26 Å². The number of nitrogens with one attached hydrogen (secondary N) is 2. The largest absolute Gasteiger partial charge is 0.459 e. The molecule has 7 nitrogen and oxygen atoms in total. The molecular formula is C16H12ClN3O4. The number of nitrogens with zero attached hydrogens (tertiary/aromatic N) is 1. The van der Waals surface area contributed by atoms with Gasteiger partial charge in [0, 0.05) is 11.6 Å². The number of amides is 2. The number of halogens is 1. The first-order chi connectivity index (χ1) is 11.6. The Hall–Kier alpha value is -3.06. The Morgan fingerprint density at radius 3 is 2.67 bits per heavy atom. The topological polar surface area (TPSA) is 97.4 Å². The van der Waals surface area contributed by atoms with E-state index >= 15 is 0 Å². The highest BCUT2D eigenvalue weighted by molar-refractivity contribution is 6.31. The fraction of sp³-hybridized carbons (Fsp3) is 0.0625. The molecule has 0 atom stereocenters. The van der Waals surface area contributed by atoms with Crippen LogP contribution in [0.4, 0.5) is 6.01 Å². The predicted octanol–water partition coefficient (Wildman–Crippen LogP) is 3.10. The molecule has 24 heavy (non-hydrogen) atoms. The summed E-state index contributed by atoms with van der Waals surface area (Å²) in [7, 11) is 0. The van der Waals surface area contributed by atoms with Crippen molar-refractivity contribution in [1.29, 1.82) is 0 Å². The molecule has 0 saturated carbocycles. The Morgan fingerprint density at radius 2 is 1.92 bits per heavy atom. The number of anilines is 1. The lowest BCUT2D eigenvalue weighted by atomic mass is 10.2. The molecule has 0 radical (unpaired) electrons. The summed E-state index contributed by atoms with van der Waals surface area (Å²) in [6, 6.07) is 10.2. The highest BCUT2D eigenvalue weighted by atomic mass is 35.5. The third-order valence-corrected chi connectivity index (χ3v) is 3.47. The molecule has 0 fully saturated rings. The van der Waals surface area contributed by atoms with Gasteiger partial charge in [0.1, 0.15) is 6.26 Å². The van der Waals surface area contributed by atoms with Crippen LogP contribution >= 0.6 is 11.6 Å². The summed E-state index contributed by atoms with van der Waals surface area (Å²) in [6.07, 6.45) is 2.53. The zero-order chi connectivity index (χ0) is 16.9. The fourth-order valence-electron chi connectivity index (χ4n) is 1.91. The second kappa shape index (κ2) is 7.01. The van der Waals surface area contributed by atoms with Gasteiger partial charge < -0.3 is 14.2 Å². The molecule has 2 N–H and O–H groups in total. The average Bonchev–Trinajstić information content (AvgIpc) is 3.25. The first-order valence-electron chi connectivity index (χ1n) is 6.95. The number of hydrogen-bond acceptors (Lipinski definition) is 5. The van der Waals surface area contributed by atoms with E-state index in [0.29, 0.717) is 5.02 Å². The van der Waals surface area contributed by atoms with E-state index in [1.165, 1.54) is 12.3 Å². The van der Waals surface area contributed by atoms with E-state index in [4.69, 9.17) is 20.4 Å². The Bertz CT molecular complexity index is 858. The number of benzene rings is 1. The molecule has 8 heteroatoms. The van der Waals surface area contributed by atoms with E-state index in [2.05, 4.69) is 15.6 Å². The van der Waals surface area contributed by atoms with Crippen molar-refractivity contribution in [1.82, 2.24) is 10.3 Å². The maximum atomic E-state index is 12.0. The van der Waals surface area contributed by atoms with Crippen molar-refractivity contribution in [3.05, 3.63) is 71.0 Å². The SMILES string of the molecule is O=C(NCc1ccccc1Cl)c1coc(NC(=O)c2ccco2)n1. The van der Waals surface area contributed by atoms with Crippen molar-refractivity contribution in [2.24, 2.45) is 0 Å². The molecule has 3 rings (SSSR count). The number of carbonyl (C=O) groups is 2. The van der Waals surface area contributed by atoms with Crippen LogP contribution in [0.15, 0.2) is 57.8 Å². The highest BCUT2D eigenvalue weighted by Gasteiger charge is 2.16. The van der Waals surface area contributed by atoms with Gasteiger partial charge in [-0.25, -0.2) is 0 Å². The van der Waals surface area contributed by atoms with Crippen molar-refractivity contribution < 1.29 is 18.4 Å². The van der Waals surface area contributed by atoms with Gasteiger partial charge >= 0.3 is 6.01 Å². The van der Waals surface area contributed by atoms with Gasteiger partial charge in [0.15, 0.2) is 11.5 Å². The van der Waals surface area contributed by atoms with Crippen LogP contribution in [0.2, 0.25) is 5.02 Å². The Morgan fingerprint density at radius 1 is 1.08 bits per heavy atom. The van der Waals surface area contributed by atoms with Gasteiger partial charge in [-0.2, -0.15) is 4.98 Å². The number of furan rings is 1. The minimum atomic E-state index is -0.523. The van der Waals surface area contributed by atoms with Crippen LogP contribution in [0, 0.1) is 0 Å². The van der Waals surface area contributed by atoms with Crippen LogP contribution in [0.5, 0.6) is 0 Å². The van der Waals surface area contributed by atoms with Crippen molar-refractivity contribution in [2.45, 2.75) is 6.54 Å². The lowest BCUT2D eigenvalue weighted by Crippen LogP contribution is -2.23. The lowest BCUT2D eigenvalue weighted by Gasteiger charge is -2.04. The number of aromatic nitrogens is 1. The van der Waals surface area contributed by atoms with Crippen molar-refractivity contribution in [2.75, 3.05) is 5.32 Å². The molecule has 0 saturated heterocycles. The second-order valence-electron chi connectivity index (χ2n) is 4.74. The summed E-state index contributed by atoms with van der Waals surface area (Å²) < 4.78 is 10.0. The monoisotopic (exact) mass is 345 g/mol. The molecule has 0 bridgehead atoms. The zero-order valence-corrected chi connectivity index (χ0v) is 13.0. The number of oxazole rings is 1. The van der Waals surface area contributed by atoms with E-state index in [-0.39, 0.29) is 24.0 Å². The van der Waals surface area contributed by atoms with Gasteiger partial charge in [0.25, 0.3) is 11.8 Å². The molecule has 0 aliphatic carbocycles. The van der Waals surface area contributed by atoms with Gasteiger partial charge in [-0.15, -0.1) is 0 Å². The molecule has 0 aliphatic rings. The quantitative estimate of drug-likeness (QED) is 0.740. The van der Waals surface area contributed by atoms with Gasteiger partial charge in [0.2, 0.25) is 0 Å². The summed E-state index contributed by atoms with van der Waals surface area (Å²) in [5.74, 6) is -0.861. The fourth-order valence-corrected chi connectivity index (χ4v) is 2.11.